The van der Waals surface area contributed by atoms with E-state index in [-0.39, 0.29) is 0 Å². The van der Waals surface area contributed by atoms with Crippen molar-refractivity contribution in [2.24, 2.45) is 17.8 Å². The first-order chi connectivity index (χ1) is 9.85. The number of hydrogen-bond acceptors (Lipinski definition) is 2. The van der Waals surface area contributed by atoms with Gasteiger partial charge >= 0.3 is 0 Å². The minimum atomic E-state index is -0.489. The molecule has 2 aliphatic carbocycles. The van der Waals surface area contributed by atoms with Crippen LogP contribution in [0.2, 0.25) is 0 Å². The second kappa shape index (κ2) is 7.00. The van der Waals surface area contributed by atoms with E-state index in [1.807, 2.05) is 0 Å². The van der Waals surface area contributed by atoms with Gasteiger partial charge in [0.15, 0.2) is 0 Å². The Bertz CT molecular complexity index is 320. The van der Waals surface area contributed by atoms with Crippen molar-refractivity contribution in [2.45, 2.75) is 103 Å². The van der Waals surface area contributed by atoms with Gasteiger partial charge < -0.3 is 10.2 Å². The van der Waals surface area contributed by atoms with Crippen molar-refractivity contribution >= 4 is 0 Å². The molecule has 0 saturated heterocycles. The third kappa shape index (κ3) is 4.45. The molecule has 0 amide bonds. The van der Waals surface area contributed by atoms with Gasteiger partial charge in [-0.1, -0.05) is 46.5 Å². The molecule has 2 aliphatic rings. The molecule has 3 atom stereocenters. The first kappa shape index (κ1) is 17.3. The van der Waals surface area contributed by atoms with Gasteiger partial charge in [-0.25, -0.2) is 0 Å². The summed E-state index contributed by atoms with van der Waals surface area (Å²) in [6.45, 7) is 6.77. The van der Waals surface area contributed by atoms with Gasteiger partial charge in [0.05, 0.1) is 11.2 Å². The summed E-state index contributed by atoms with van der Waals surface area (Å²) in [4.78, 5) is 0. The van der Waals surface area contributed by atoms with Crippen molar-refractivity contribution in [1.29, 1.82) is 0 Å². The molecule has 0 aromatic carbocycles. The maximum Gasteiger partial charge on any atom is 0.0680 e. The van der Waals surface area contributed by atoms with Gasteiger partial charge in [0.1, 0.15) is 0 Å². The van der Waals surface area contributed by atoms with Crippen molar-refractivity contribution in [1.82, 2.24) is 0 Å². The van der Waals surface area contributed by atoms with Crippen molar-refractivity contribution in [3.05, 3.63) is 0 Å². The zero-order valence-corrected chi connectivity index (χ0v) is 14.4. The summed E-state index contributed by atoms with van der Waals surface area (Å²) in [5.74, 6) is 1.64. The maximum absolute atomic E-state index is 11.2. The fourth-order valence-electron chi connectivity index (χ4n) is 5.01. The van der Waals surface area contributed by atoms with E-state index in [4.69, 9.17) is 0 Å². The van der Waals surface area contributed by atoms with E-state index in [0.29, 0.717) is 17.8 Å². The third-order valence-electron chi connectivity index (χ3n) is 6.20. The molecule has 0 aromatic heterocycles. The molecule has 21 heavy (non-hydrogen) atoms. The molecule has 2 rings (SSSR count). The Kier molecular flexibility index (Phi) is 5.76. The van der Waals surface area contributed by atoms with Gasteiger partial charge in [0, 0.05) is 0 Å². The highest BCUT2D eigenvalue weighted by molar-refractivity contribution is 4.94. The fraction of sp³-hybridized carbons (Fsp3) is 1.00. The van der Waals surface area contributed by atoms with Gasteiger partial charge in [0.2, 0.25) is 0 Å². The molecule has 2 saturated carbocycles. The van der Waals surface area contributed by atoms with E-state index in [9.17, 15) is 10.2 Å². The van der Waals surface area contributed by atoms with E-state index < -0.39 is 11.2 Å². The molecule has 0 aromatic rings. The van der Waals surface area contributed by atoms with E-state index in [1.54, 1.807) is 0 Å². The zero-order chi connectivity index (χ0) is 15.5. The van der Waals surface area contributed by atoms with Gasteiger partial charge in [-0.15, -0.1) is 0 Å². The van der Waals surface area contributed by atoms with Crippen LogP contribution in [0.5, 0.6) is 0 Å². The lowest BCUT2D eigenvalue weighted by Crippen LogP contribution is -2.45. The maximum atomic E-state index is 11.2. The van der Waals surface area contributed by atoms with E-state index in [0.717, 1.165) is 38.5 Å². The molecule has 0 heterocycles. The number of hydrogen-bond donors (Lipinski definition) is 2. The van der Waals surface area contributed by atoms with Crippen LogP contribution < -0.4 is 0 Å². The van der Waals surface area contributed by atoms with E-state index in [1.165, 1.54) is 32.1 Å². The minimum Gasteiger partial charge on any atom is -0.390 e. The van der Waals surface area contributed by atoms with E-state index >= 15 is 0 Å². The number of aliphatic hydroxyl groups is 2. The van der Waals surface area contributed by atoms with Crippen LogP contribution >= 0.6 is 0 Å². The lowest BCUT2D eigenvalue weighted by molar-refractivity contribution is -0.0917. The lowest BCUT2D eigenvalue weighted by atomic mass is 9.65. The Morgan fingerprint density at radius 1 is 1.00 bits per heavy atom. The Labute approximate surface area is 131 Å². The second-order valence-corrected chi connectivity index (χ2v) is 8.48. The summed E-state index contributed by atoms with van der Waals surface area (Å²) in [5.41, 5.74) is -0.918. The highest BCUT2D eigenvalue weighted by Crippen LogP contribution is 2.44. The van der Waals surface area contributed by atoms with Gasteiger partial charge in [-0.05, 0) is 62.7 Å². The fourth-order valence-corrected chi connectivity index (χ4v) is 5.01. The predicted molar refractivity (Wildman–Crippen MR) is 88.2 cm³/mol. The van der Waals surface area contributed by atoms with Crippen LogP contribution in [0.15, 0.2) is 0 Å². The Balaban J connectivity index is 1.89. The molecule has 2 heteroatoms. The normalized spacial score (nSPS) is 36.9. The molecular weight excluding hydrogens is 260 g/mol. The standard InChI is InChI=1S/C19H36O2/c1-15(2)17-9-8-16(3)14-19(17,21)13-7-12-18(20)10-5-4-6-11-18/h15-17,20-21H,4-14H2,1-3H3/t16-,17+,19+/m1/s1. The molecule has 2 nitrogen and oxygen atoms in total. The Morgan fingerprint density at radius 2 is 1.67 bits per heavy atom. The van der Waals surface area contributed by atoms with Crippen molar-refractivity contribution in [3.8, 4) is 0 Å². The van der Waals surface area contributed by atoms with Crippen LogP contribution in [0.4, 0.5) is 0 Å². The van der Waals surface area contributed by atoms with Crippen LogP contribution in [0.3, 0.4) is 0 Å². The molecule has 0 aliphatic heterocycles. The largest absolute Gasteiger partial charge is 0.390 e. The van der Waals surface area contributed by atoms with Crippen LogP contribution in [0, 0.1) is 17.8 Å². The predicted octanol–water partition coefficient (Wildman–Crippen LogP) is 4.68. The summed E-state index contributed by atoms with van der Waals surface area (Å²) in [6.07, 6.45) is 11.7. The molecule has 2 N–H and O–H groups in total. The van der Waals surface area contributed by atoms with Crippen LogP contribution in [0.1, 0.15) is 91.4 Å². The minimum absolute atomic E-state index is 0.428. The van der Waals surface area contributed by atoms with Crippen molar-refractivity contribution in [2.75, 3.05) is 0 Å². The topological polar surface area (TPSA) is 40.5 Å². The molecule has 124 valence electrons. The van der Waals surface area contributed by atoms with Gasteiger partial charge in [0.25, 0.3) is 0 Å². The summed E-state index contributed by atoms with van der Waals surface area (Å²) < 4.78 is 0. The first-order valence-electron chi connectivity index (χ1n) is 9.29. The second-order valence-electron chi connectivity index (χ2n) is 8.48. The van der Waals surface area contributed by atoms with Crippen molar-refractivity contribution in [3.63, 3.8) is 0 Å². The Hall–Kier alpha value is -0.0800. The van der Waals surface area contributed by atoms with Crippen LogP contribution in [-0.4, -0.2) is 21.4 Å². The highest BCUT2D eigenvalue weighted by Gasteiger charge is 2.42. The Morgan fingerprint density at radius 3 is 2.29 bits per heavy atom. The SMILES string of the molecule is CC(C)[C@@H]1CC[C@@H](C)C[C@@]1(O)CCCC1(O)CCCCC1. The van der Waals surface area contributed by atoms with Gasteiger partial charge in [-0.2, -0.15) is 0 Å². The monoisotopic (exact) mass is 296 g/mol. The molecule has 0 bridgehead atoms. The summed E-state index contributed by atoms with van der Waals surface area (Å²) >= 11 is 0. The quantitative estimate of drug-likeness (QED) is 0.773. The third-order valence-corrected chi connectivity index (χ3v) is 6.20. The molecule has 0 unspecified atom stereocenters. The molecule has 2 fully saturated rings. The first-order valence-corrected chi connectivity index (χ1v) is 9.29. The lowest BCUT2D eigenvalue weighted by Gasteiger charge is -2.45. The summed E-state index contributed by atoms with van der Waals surface area (Å²) in [7, 11) is 0. The van der Waals surface area contributed by atoms with Crippen LogP contribution in [0.25, 0.3) is 0 Å². The zero-order valence-electron chi connectivity index (χ0n) is 14.4. The summed E-state index contributed by atoms with van der Waals surface area (Å²) in [6, 6.07) is 0. The van der Waals surface area contributed by atoms with E-state index in [2.05, 4.69) is 20.8 Å². The summed E-state index contributed by atoms with van der Waals surface area (Å²) in [5, 5.41) is 21.8. The number of rotatable bonds is 5. The molecule has 0 spiro atoms. The van der Waals surface area contributed by atoms with Crippen LogP contribution in [-0.2, 0) is 0 Å². The average molecular weight is 296 g/mol. The van der Waals surface area contributed by atoms with Gasteiger partial charge in [-0.3, -0.25) is 0 Å². The molecular formula is C19H36O2. The molecule has 0 radical (unpaired) electrons. The van der Waals surface area contributed by atoms with Crippen molar-refractivity contribution < 1.29 is 10.2 Å². The average Bonchev–Trinajstić information content (AvgIpc) is 2.38. The smallest absolute Gasteiger partial charge is 0.0680 e. The highest BCUT2D eigenvalue weighted by atomic mass is 16.3.